The molecule has 28 heavy (non-hydrogen) atoms. The molecule has 4 aromatic rings. The highest BCUT2D eigenvalue weighted by atomic mass is 19.1. The fourth-order valence-electron chi connectivity index (χ4n) is 2.99. The molecule has 0 fully saturated rings. The van der Waals surface area contributed by atoms with E-state index in [1.165, 1.54) is 23.7 Å². The summed E-state index contributed by atoms with van der Waals surface area (Å²) in [6, 6.07) is 14.0. The monoisotopic (exact) mass is 379 g/mol. The highest BCUT2D eigenvalue weighted by molar-refractivity contribution is 5.90. The van der Waals surface area contributed by atoms with Crippen LogP contribution in [0, 0.1) is 11.6 Å². The Labute approximate surface area is 158 Å². The molecule has 6 nitrogen and oxygen atoms in total. The molecular weight excluding hydrogens is 364 g/mol. The van der Waals surface area contributed by atoms with E-state index in [1.807, 2.05) is 30.3 Å². The van der Waals surface area contributed by atoms with Gasteiger partial charge in [0.15, 0.2) is 0 Å². The van der Waals surface area contributed by atoms with Crippen molar-refractivity contribution >= 4 is 28.5 Å². The van der Waals surface area contributed by atoms with Gasteiger partial charge in [0.05, 0.1) is 16.5 Å². The fourth-order valence-corrected chi connectivity index (χ4v) is 2.99. The van der Waals surface area contributed by atoms with Crippen molar-refractivity contribution in [3.63, 3.8) is 0 Å². The van der Waals surface area contributed by atoms with Crippen molar-refractivity contribution in [1.29, 1.82) is 0 Å². The quantitative estimate of drug-likeness (QED) is 0.568. The molecule has 8 heteroatoms. The molecule has 0 bridgehead atoms. The Balaban J connectivity index is 1.92. The minimum atomic E-state index is -0.835. The van der Waals surface area contributed by atoms with Crippen LogP contribution >= 0.6 is 0 Å². The summed E-state index contributed by atoms with van der Waals surface area (Å²) in [7, 11) is 1.46. The smallest absolute Gasteiger partial charge is 0.260 e. The number of rotatable bonds is 3. The third kappa shape index (κ3) is 2.94. The van der Waals surface area contributed by atoms with Gasteiger partial charge >= 0.3 is 0 Å². The SMILES string of the molecule is Cn1c(=O)c(-c2c(F)cccc2F)cc2c(N)nc(Nc3ccccc3)nc21. The van der Waals surface area contributed by atoms with E-state index in [4.69, 9.17) is 5.73 Å². The largest absolute Gasteiger partial charge is 0.383 e. The number of para-hydroxylation sites is 1. The maximum atomic E-state index is 14.2. The zero-order valence-corrected chi connectivity index (χ0v) is 14.8. The van der Waals surface area contributed by atoms with Crippen LogP contribution in [-0.2, 0) is 7.05 Å². The number of aromatic nitrogens is 3. The van der Waals surface area contributed by atoms with Crippen LogP contribution in [-0.4, -0.2) is 14.5 Å². The number of nitrogens with two attached hydrogens (primary N) is 1. The molecular formula is C20H15F2N5O. The predicted octanol–water partition coefficient (Wildman–Crippen LogP) is 3.60. The Morgan fingerprint density at radius 2 is 1.68 bits per heavy atom. The molecule has 0 spiro atoms. The summed E-state index contributed by atoms with van der Waals surface area (Å²) in [5.41, 5.74) is 5.90. The van der Waals surface area contributed by atoms with Gasteiger partial charge in [-0.3, -0.25) is 9.36 Å². The average Bonchev–Trinajstić information content (AvgIpc) is 2.67. The molecule has 2 aromatic heterocycles. The van der Waals surface area contributed by atoms with Crippen LogP contribution < -0.4 is 16.6 Å². The second kappa shape index (κ2) is 6.73. The van der Waals surface area contributed by atoms with Crippen molar-refractivity contribution in [3.05, 3.63) is 76.6 Å². The minimum Gasteiger partial charge on any atom is -0.383 e. The zero-order valence-electron chi connectivity index (χ0n) is 14.8. The first-order valence-electron chi connectivity index (χ1n) is 8.39. The normalized spacial score (nSPS) is 11.0. The van der Waals surface area contributed by atoms with Crippen LogP contribution in [0.3, 0.4) is 0 Å². The molecule has 0 aliphatic rings. The first-order chi connectivity index (χ1) is 13.5. The van der Waals surface area contributed by atoms with E-state index in [9.17, 15) is 13.6 Å². The van der Waals surface area contributed by atoms with E-state index >= 15 is 0 Å². The van der Waals surface area contributed by atoms with Crippen LogP contribution in [0.2, 0.25) is 0 Å². The molecule has 2 aromatic carbocycles. The Bertz CT molecular complexity index is 1230. The van der Waals surface area contributed by atoms with Gasteiger partial charge in [-0.2, -0.15) is 9.97 Å². The number of fused-ring (bicyclic) bond motifs is 1. The van der Waals surface area contributed by atoms with E-state index in [1.54, 1.807) is 0 Å². The molecule has 0 aliphatic carbocycles. The Morgan fingerprint density at radius 3 is 2.36 bits per heavy atom. The number of aryl methyl sites for hydroxylation is 1. The van der Waals surface area contributed by atoms with Crippen LogP contribution in [0.25, 0.3) is 22.2 Å². The lowest BCUT2D eigenvalue weighted by atomic mass is 10.0. The standard InChI is InChI=1S/C20H15F2N5O/c1-27-18-13(10-12(19(27)28)16-14(21)8-5-9-15(16)22)17(23)25-20(26-18)24-11-6-3-2-4-7-11/h2-10H,1H3,(H3,23,24,25,26). The van der Waals surface area contributed by atoms with Gasteiger partial charge in [-0.25, -0.2) is 8.78 Å². The summed E-state index contributed by atoms with van der Waals surface area (Å²) >= 11 is 0. The summed E-state index contributed by atoms with van der Waals surface area (Å²) in [6.45, 7) is 0. The van der Waals surface area contributed by atoms with Gasteiger partial charge in [0, 0.05) is 12.7 Å². The Hall–Kier alpha value is -3.81. The van der Waals surface area contributed by atoms with Gasteiger partial charge in [-0.05, 0) is 30.3 Å². The van der Waals surface area contributed by atoms with Crippen LogP contribution in [0.5, 0.6) is 0 Å². The van der Waals surface area contributed by atoms with Gasteiger partial charge in [-0.15, -0.1) is 0 Å². The summed E-state index contributed by atoms with van der Waals surface area (Å²) in [5.74, 6) is -1.38. The van der Waals surface area contributed by atoms with Crippen LogP contribution in [0.1, 0.15) is 0 Å². The summed E-state index contributed by atoms with van der Waals surface area (Å²) in [4.78, 5) is 21.3. The highest BCUT2D eigenvalue weighted by Gasteiger charge is 2.19. The number of nitrogens with one attached hydrogen (secondary N) is 1. The summed E-state index contributed by atoms with van der Waals surface area (Å²) in [6.07, 6.45) is 0. The van der Waals surface area contributed by atoms with Gasteiger partial charge in [0.2, 0.25) is 5.95 Å². The lowest BCUT2D eigenvalue weighted by Gasteiger charge is -2.13. The third-order valence-corrected chi connectivity index (χ3v) is 4.36. The van der Waals surface area contributed by atoms with Crippen molar-refractivity contribution in [2.75, 3.05) is 11.1 Å². The third-order valence-electron chi connectivity index (χ3n) is 4.36. The highest BCUT2D eigenvalue weighted by Crippen LogP contribution is 2.28. The topological polar surface area (TPSA) is 85.8 Å². The fraction of sp³-hybridized carbons (Fsp3) is 0.0500. The van der Waals surface area contributed by atoms with Crippen molar-refractivity contribution in [1.82, 2.24) is 14.5 Å². The summed E-state index contributed by atoms with van der Waals surface area (Å²) in [5, 5.41) is 3.33. The number of hydrogen-bond donors (Lipinski definition) is 2. The number of halogens is 2. The van der Waals surface area contributed by atoms with Gasteiger partial charge in [0.1, 0.15) is 23.1 Å². The van der Waals surface area contributed by atoms with Gasteiger partial charge in [-0.1, -0.05) is 24.3 Å². The van der Waals surface area contributed by atoms with Crippen LogP contribution in [0.4, 0.5) is 26.2 Å². The molecule has 140 valence electrons. The molecule has 2 heterocycles. The maximum absolute atomic E-state index is 14.2. The lowest BCUT2D eigenvalue weighted by molar-refractivity contribution is 0.589. The Kier molecular flexibility index (Phi) is 4.23. The molecule has 0 radical (unpaired) electrons. The van der Waals surface area contributed by atoms with Crippen molar-refractivity contribution in [2.45, 2.75) is 0 Å². The maximum Gasteiger partial charge on any atom is 0.260 e. The molecule has 0 amide bonds. The van der Waals surface area contributed by atoms with Crippen molar-refractivity contribution in [3.8, 4) is 11.1 Å². The second-order valence-electron chi connectivity index (χ2n) is 6.18. The van der Waals surface area contributed by atoms with Crippen molar-refractivity contribution in [2.24, 2.45) is 7.05 Å². The number of anilines is 3. The zero-order chi connectivity index (χ0) is 19.8. The van der Waals surface area contributed by atoms with E-state index in [0.29, 0.717) is 5.39 Å². The van der Waals surface area contributed by atoms with E-state index in [2.05, 4.69) is 15.3 Å². The van der Waals surface area contributed by atoms with E-state index < -0.39 is 22.8 Å². The molecule has 0 unspecified atom stereocenters. The number of nitrogens with zero attached hydrogens (tertiary/aromatic N) is 3. The Morgan fingerprint density at radius 1 is 1.00 bits per heavy atom. The minimum absolute atomic E-state index is 0.0806. The lowest BCUT2D eigenvalue weighted by Crippen LogP contribution is -2.21. The molecule has 0 saturated heterocycles. The summed E-state index contributed by atoms with van der Waals surface area (Å²) < 4.78 is 29.6. The first kappa shape index (κ1) is 17.6. The average molecular weight is 379 g/mol. The number of nitrogen functional groups attached to an aromatic ring is 1. The molecule has 0 aliphatic heterocycles. The molecule has 0 atom stereocenters. The number of benzene rings is 2. The second-order valence-corrected chi connectivity index (χ2v) is 6.18. The van der Waals surface area contributed by atoms with Gasteiger partial charge < -0.3 is 11.1 Å². The van der Waals surface area contributed by atoms with Crippen molar-refractivity contribution < 1.29 is 8.78 Å². The first-order valence-corrected chi connectivity index (χ1v) is 8.39. The van der Waals surface area contributed by atoms with Gasteiger partial charge in [0.25, 0.3) is 5.56 Å². The van der Waals surface area contributed by atoms with E-state index in [-0.39, 0.29) is 23.0 Å². The molecule has 3 N–H and O–H groups in total. The number of pyridine rings is 1. The van der Waals surface area contributed by atoms with Crippen LogP contribution in [0.15, 0.2) is 59.4 Å². The molecule has 4 rings (SSSR count). The van der Waals surface area contributed by atoms with E-state index in [0.717, 1.165) is 17.8 Å². The molecule has 0 saturated carbocycles. The number of hydrogen-bond acceptors (Lipinski definition) is 5. The predicted molar refractivity (Wildman–Crippen MR) is 104 cm³/mol.